The topological polar surface area (TPSA) is 29.5 Å². The van der Waals surface area contributed by atoms with E-state index in [1.807, 2.05) is 12.1 Å². The predicted molar refractivity (Wildman–Crippen MR) is 72.3 cm³/mol. The van der Waals surface area contributed by atoms with Crippen molar-refractivity contribution in [2.24, 2.45) is 5.92 Å². The summed E-state index contributed by atoms with van der Waals surface area (Å²) in [6.07, 6.45) is 4.70. The summed E-state index contributed by atoms with van der Waals surface area (Å²) in [5.41, 5.74) is 1.68. The number of hydrogen-bond donors (Lipinski definition) is 1. The van der Waals surface area contributed by atoms with Crippen LogP contribution in [0, 0.1) is 5.92 Å². The van der Waals surface area contributed by atoms with E-state index in [0.29, 0.717) is 12.3 Å². The monoisotopic (exact) mass is 266 g/mol. The van der Waals surface area contributed by atoms with Gasteiger partial charge in [-0.05, 0) is 42.0 Å². The first-order valence-electron chi connectivity index (χ1n) is 6.75. The van der Waals surface area contributed by atoms with Crippen LogP contribution in [0.25, 0.3) is 0 Å². The minimum absolute atomic E-state index is 0.355. The van der Waals surface area contributed by atoms with Crippen LogP contribution in [0.15, 0.2) is 12.1 Å². The molecule has 1 heterocycles. The lowest BCUT2D eigenvalue weighted by molar-refractivity contribution is 0.00912. The molecule has 2 aliphatic rings. The predicted octanol–water partition coefficient (Wildman–Crippen LogP) is 3.37. The first kappa shape index (κ1) is 12.3. The van der Waals surface area contributed by atoms with Crippen molar-refractivity contribution < 1.29 is 9.84 Å². The molecule has 1 aromatic rings. The maximum absolute atomic E-state index is 10.7. The van der Waals surface area contributed by atoms with Gasteiger partial charge in [-0.3, -0.25) is 0 Å². The highest BCUT2D eigenvalue weighted by Crippen LogP contribution is 2.41. The van der Waals surface area contributed by atoms with Crippen LogP contribution in [-0.2, 0) is 12.8 Å². The third-order valence-corrected chi connectivity index (χ3v) is 4.70. The Bertz CT molecular complexity index is 472. The van der Waals surface area contributed by atoms with Crippen molar-refractivity contribution in [3.8, 4) is 5.75 Å². The van der Waals surface area contributed by atoms with Crippen LogP contribution in [0.1, 0.15) is 37.3 Å². The number of aliphatic hydroxyl groups is 1. The molecule has 1 aromatic carbocycles. The van der Waals surface area contributed by atoms with E-state index in [1.54, 1.807) is 0 Å². The second-order valence-corrected chi connectivity index (χ2v) is 6.16. The van der Waals surface area contributed by atoms with Crippen LogP contribution in [-0.4, -0.2) is 17.3 Å². The molecule has 2 unspecified atom stereocenters. The Balaban J connectivity index is 1.93. The average molecular weight is 267 g/mol. The van der Waals surface area contributed by atoms with Crippen molar-refractivity contribution in [1.82, 2.24) is 0 Å². The Morgan fingerprint density at radius 3 is 3.06 bits per heavy atom. The van der Waals surface area contributed by atoms with Gasteiger partial charge in [-0.15, -0.1) is 0 Å². The van der Waals surface area contributed by atoms with Crippen molar-refractivity contribution in [3.05, 3.63) is 28.3 Å². The van der Waals surface area contributed by atoms with E-state index in [2.05, 4.69) is 6.92 Å². The van der Waals surface area contributed by atoms with Gasteiger partial charge in [0, 0.05) is 17.9 Å². The number of ether oxygens (including phenoxy) is 1. The SMILES string of the molecule is CC1CCCC1(O)Cc1cc(Cl)cc2c1OCC2. The van der Waals surface area contributed by atoms with Crippen LogP contribution < -0.4 is 4.74 Å². The molecular weight excluding hydrogens is 248 g/mol. The summed E-state index contributed by atoms with van der Waals surface area (Å²) in [5.74, 6) is 1.32. The molecule has 3 heteroatoms. The van der Waals surface area contributed by atoms with Crippen LogP contribution in [0.5, 0.6) is 5.75 Å². The molecule has 3 rings (SSSR count). The van der Waals surface area contributed by atoms with Crippen LogP contribution in [0.4, 0.5) is 0 Å². The zero-order valence-electron chi connectivity index (χ0n) is 10.7. The summed E-state index contributed by atoms with van der Waals surface area (Å²) in [5, 5.41) is 11.5. The highest BCUT2D eigenvalue weighted by molar-refractivity contribution is 6.30. The fourth-order valence-electron chi connectivity index (χ4n) is 3.30. The van der Waals surface area contributed by atoms with Gasteiger partial charge in [0.2, 0.25) is 0 Å². The molecule has 0 aromatic heterocycles. The standard InChI is InChI=1S/C15H19ClO2/c1-10-3-2-5-15(10,17)9-12-8-13(16)7-11-4-6-18-14(11)12/h7-8,10,17H,2-6,9H2,1H3. The van der Waals surface area contributed by atoms with Crippen molar-refractivity contribution in [2.75, 3.05) is 6.61 Å². The molecule has 2 atom stereocenters. The van der Waals surface area contributed by atoms with Crippen LogP contribution in [0.2, 0.25) is 5.02 Å². The molecule has 0 spiro atoms. The Kier molecular flexibility index (Phi) is 3.03. The van der Waals surface area contributed by atoms with Gasteiger partial charge in [-0.25, -0.2) is 0 Å². The second-order valence-electron chi connectivity index (χ2n) is 5.73. The van der Waals surface area contributed by atoms with E-state index < -0.39 is 5.60 Å². The van der Waals surface area contributed by atoms with E-state index in [-0.39, 0.29) is 0 Å². The first-order valence-corrected chi connectivity index (χ1v) is 7.13. The van der Waals surface area contributed by atoms with Crippen LogP contribution >= 0.6 is 11.6 Å². The summed E-state index contributed by atoms with van der Waals surface area (Å²) < 4.78 is 5.71. The summed E-state index contributed by atoms with van der Waals surface area (Å²) in [4.78, 5) is 0. The second kappa shape index (κ2) is 4.43. The maximum Gasteiger partial charge on any atom is 0.126 e. The van der Waals surface area contributed by atoms with Crippen molar-refractivity contribution in [2.45, 2.75) is 44.6 Å². The highest BCUT2D eigenvalue weighted by atomic mass is 35.5. The van der Waals surface area contributed by atoms with Gasteiger partial charge in [0.1, 0.15) is 5.75 Å². The van der Waals surface area contributed by atoms with Gasteiger partial charge in [-0.2, -0.15) is 0 Å². The zero-order valence-corrected chi connectivity index (χ0v) is 11.5. The molecule has 1 aliphatic carbocycles. The molecule has 98 valence electrons. The number of fused-ring (bicyclic) bond motifs is 1. The zero-order chi connectivity index (χ0) is 12.8. The lowest BCUT2D eigenvalue weighted by atomic mass is 9.85. The molecule has 1 N–H and O–H groups in total. The number of benzene rings is 1. The van der Waals surface area contributed by atoms with Crippen molar-refractivity contribution >= 4 is 11.6 Å². The van der Waals surface area contributed by atoms with E-state index in [9.17, 15) is 5.11 Å². The largest absolute Gasteiger partial charge is 0.493 e. The molecular formula is C15H19ClO2. The Hall–Kier alpha value is -0.730. The minimum atomic E-state index is -0.579. The van der Waals surface area contributed by atoms with Gasteiger partial charge in [0.05, 0.1) is 12.2 Å². The number of halogens is 1. The molecule has 18 heavy (non-hydrogen) atoms. The van der Waals surface area contributed by atoms with Crippen LogP contribution in [0.3, 0.4) is 0 Å². The summed E-state index contributed by atoms with van der Waals surface area (Å²) in [6.45, 7) is 2.87. The number of hydrogen-bond acceptors (Lipinski definition) is 2. The summed E-state index contributed by atoms with van der Waals surface area (Å²) >= 11 is 6.16. The summed E-state index contributed by atoms with van der Waals surface area (Å²) in [7, 11) is 0. The molecule has 1 fully saturated rings. The molecule has 1 saturated carbocycles. The van der Waals surface area contributed by atoms with E-state index in [4.69, 9.17) is 16.3 Å². The lowest BCUT2D eigenvalue weighted by Crippen LogP contribution is -2.34. The maximum atomic E-state index is 10.7. The van der Waals surface area contributed by atoms with Gasteiger partial charge in [-0.1, -0.05) is 24.9 Å². The quantitative estimate of drug-likeness (QED) is 0.889. The molecule has 1 aliphatic heterocycles. The third-order valence-electron chi connectivity index (χ3n) is 4.49. The van der Waals surface area contributed by atoms with E-state index in [0.717, 1.165) is 48.6 Å². The Morgan fingerprint density at radius 2 is 2.33 bits per heavy atom. The van der Waals surface area contributed by atoms with Crippen molar-refractivity contribution in [1.29, 1.82) is 0 Å². The van der Waals surface area contributed by atoms with Gasteiger partial charge in [0.25, 0.3) is 0 Å². The van der Waals surface area contributed by atoms with Gasteiger partial charge >= 0.3 is 0 Å². The minimum Gasteiger partial charge on any atom is -0.493 e. The number of rotatable bonds is 2. The normalized spacial score (nSPS) is 30.3. The van der Waals surface area contributed by atoms with E-state index in [1.165, 1.54) is 5.56 Å². The lowest BCUT2D eigenvalue weighted by Gasteiger charge is -2.28. The highest BCUT2D eigenvalue weighted by Gasteiger charge is 2.39. The molecule has 0 saturated heterocycles. The Labute approximate surface area is 113 Å². The molecule has 2 nitrogen and oxygen atoms in total. The fraction of sp³-hybridized carbons (Fsp3) is 0.600. The smallest absolute Gasteiger partial charge is 0.126 e. The molecule has 0 bridgehead atoms. The first-order chi connectivity index (χ1) is 8.58. The van der Waals surface area contributed by atoms with Gasteiger partial charge in [0.15, 0.2) is 0 Å². The molecule has 0 amide bonds. The molecule has 0 radical (unpaired) electrons. The summed E-state index contributed by atoms with van der Waals surface area (Å²) in [6, 6.07) is 3.93. The van der Waals surface area contributed by atoms with Gasteiger partial charge < -0.3 is 9.84 Å². The Morgan fingerprint density at radius 1 is 1.50 bits per heavy atom. The van der Waals surface area contributed by atoms with Crippen molar-refractivity contribution in [3.63, 3.8) is 0 Å². The van der Waals surface area contributed by atoms with E-state index >= 15 is 0 Å². The fourth-order valence-corrected chi connectivity index (χ4v) is 3.56. The third kappa shape index (κ3) is 2.02. The average Bonchev–Trinajstić information content (AvgIpc) is 2.87.